The summed E-state index contributed by atoms with van der Waals surface area (Å²) in [6, 6.07) is 7.42. The lowest BCUT2D eigenvalue weighted by molar-refractivity contribution is -0.147. The number of unbranched alkanes of at least 4 members (excludes halogenated alkanes) is 1. The third kappa shape index (κ3) is 9.53. The van der Waals surface area contributed by atoms with Crippen molar-refractivity contribution in [3.8, 4) is 0 Å². The van der Waals surface area contributed by atoms with Crippen LogP contribution in [-0.2, 0) is 16.0 Å². The van der Waals surface area contributed by atoms with E-state index in [9.17, 15) is 24.9 Å². The topological polar surface area (TPSA) is 104 Å². The quantitative estimate of drug-likeness (QED) is 0.172. The van der Waals surface area contributed by atoms with Crippen molar-refractivity contribution in [2.75, 3.05) is 0 Å². The van der Waals surface area contributed by atoms with E-state index in [1.165, 1.54) is 6.92 Å². The third-order valence-corrected chi connectivity index (χ3v) is 6.23. The smallest absolute Gasteiger partial charge is 0.306 e. The van der Waals surface area contributed by atoms with Crippen LogP contribution in [0.15, 0.2) is 48.6 Å². The molecule has 1 aromatic rings. The Hall–Kier alpha value is -2.28. The number of Topliss-reactive ketones (excluding diaryl/α,β-unsaturated/α-hetero) is 1. The zero-order valence-corrected chi connectivity index (χ0v) is 20.6. The van der Waals surface area contributed by atoms with E-state index in [-0.39, 0.29) is 29.7 Å². The number of ketones is 1. The van der Waals surface area contributed by atoms with Gasteiger partial charge < -0.3 is 20.1 Å². The van der Waals surface area contributed by atoms with Crippen molar-refractivity contribution in [3.63, 3.8) is 0 Å². The first kappa shape index (κ1) is 28.0. The second-order valence-electron chi connectivity index (χ2n) is 9.50. The van der Waals surface area contributed by atoms with E-state index in [1.54, 1.807) is 12.1 Å². The Balaban J connectivity index is 1.81. The minimum absolute atomic E-state index is 0.0183. The van der Waals surface area contributed by atoms with Crippen LogP contribution in [0.1, 0.15) is 75.2 Å². The Morgan fingerprint density at radius 2 is 1.94 bits per heavy atom. The van der Waals surface area contributed by atoms with Gasteiger partial charge in [0.15, 0.2) is 5.78 Å². The average Bonchev–Trinajstić information content (AvgIpc) is 3.04. The number of esters is 1. The van der Waals surface area contributed by atoms with Gasteiger partial charge >= 0.3 is 5.97 Å². The highest BCUT2D eigenvalue weighted by Gasteiger charge is 2.39. The summed E-state index contributed by atoms with van der Waals surface area (Å²) in [6.07, 6.45) is 9.47. The molecule has 188 valence electrons. The monoisotopic (exact) mass is 472 g/mol. The minimum atomic E-state index is -0.673. The number of hydrogen-bond donors (Lipinski definition) is 3. The molecule has 1 aliphatic rings. The molecule has 6 nitrogen and oxygen atoms in total. The second kappa shape index (κ2) is 14.2. The number of hydrogen-bond acceptors (Lipinski definition) is 6. The molecule has 1 saturated carbocycles. The molecular formula is C28H40O6. The fourth-order valence-electron chi connectivity index (χ4n) is 4.38. The van der Waals surface area contributed by atoms with Crippen molar-refractivity contribution in [2.24, 2.45) is 11.8 Å². The molecule has 0 heterocycles. The van der Waals surface area contributed by atoms with Crippen LogP contribution < -0.4 is 0 Å². The summed E-state index contributed by atoms with van der Waals surface area (Å²) in [4.78, 5) is 23.1. The van der Waals surface area contributed by atoms with Gasteiger partial charge in [-0.3, -0.25) is 9.59 Å². The molecule has 34 heavy (non-hydrogen) atoms. The summed E-state index contributed by atoms with van der Waals surface area (Å²) < 4.78 is 5.12. The lowest BCUT2D eigenvalue weighted by Gasteiger charge is -2.19. The standard InChI is InChI=1S/C28H40O6/c1-19(2)34-28(33)12-7-5-4-6-11-24-25(27(32)18-26(24)31)16-15-23(30)14-13-21-9-8-10-22(17-21)20(3)29/h4,6,8-10,15-17,19,23-27,30-32H,5,7,11-14,18H2,1-3H3/b6-4-,16-15+/t23-,24-,25-,26+,27-/m1/s1. The molecule has 1 aromatic carbocycles. The third-order valence-electron chi connectivity index (χ3n) is 6.23. The maximum Gasteiger partial charge on any atom is 0.306 e. The van der Waals surface area contributed by atoms with Crippen LogP contribution in [0.4, 0.5) is 0 Å². The number of benzene rings is 1. The molecule has 0 bridgehead atoms. The van der Waals surface area contributed by atoms with Crippen LogP contribution in [0.2, 0.25) is 0 Å². The summed E-state index contributed by atoms with van der Waals surface area (Å²) in [5.41, 5.74) is 1.66. The molecule has 1 fully saturated rings. The molecule has 2 rings (SSSR count). The van der Waals surface area contributed by atoms with Gasteiger partial charge in [0, 0.05) is 24.3 Å². The molecule has 3 N–H and O–H groups in total. The molecule has 0 amide bonds. The van der Waals surface area contributed by atoms with Crippen LogP contribution in [0, 0.1) is 11.8 Å². The van der Waals surface area contributed by atoms with Gasteiger partial charge in [-0.25, -0.2) is 0 Å². The summed E-state index contributed by atoms with van der Waals surface area (Å²) in [6.45, 7) is 5.20. The van der Waals surface area contributed by atoms with E-state index < -0.39 is 18.3 Å². The van der Waals surface area contributed by atoms with Crippen molar-refractivity contribution >= 4 is 11.8 Å². The normalized spacial score (nSPS) is 23.7. The maximum absolute atomic E-state index is 11.6. The zero-order valence-electron chi connectivity index (χ0n) is 20.6. The SMILES string of the molecule is CC(=O)c1cccc(CC[C@@H](O)/C=C/[C@@H]2[C@@H](C/C=C\CCCC(=O)OC(C)C)[C@@H](O)C[C@H]2O)c1. The van der Waals surface area contributed by atoms with Gasteiger partial charge in [0.1, 0.15) is 0 Å². The molecule has 0 unspecified atom stereocenters. The van der Waals surface area contributed by atoms with E-state index in [1.807, 2.05) is 50.3 Å². The lowest BCUT2D eigenvalue weighted by atomic mass is 9.89. The van der Waals surface area contributed by atoms with Crippen LogP contribution >= 0.6 is 0 Å². The largest absolute Gasteiger partial charge is 0.463 e. The molecule has 1 aliphatic carbocycles. The van der Waals surface area contributed by atoms with E-state index in [4.69, 9.17) is 4.74 Å². The van der Waals surface area contributed by atoms with Crippen molar-refractivity contribution in [1.82, 2.24) is 0 Å². The van der Waals surface area contributed by atoms with Crippen LogP contribution in [0.5, 0.6) is 0 Å². The summed E-state index contributed by atoms with van der Waals surface area (Å²) in [7, 11) is 0. The van der Waals surface area contributed by atoms with E-state index in [2.05, 4.69) is 0 Å². The van der Waals surface area contributed by atoms with Gasteiger partial charge in [-0.15, -0.1) is 0 Å². The molecular weight excluding hydrogens is 432 g/mol. The molecule has 0 radical (unpaired) electrons. The van der Waals surface area contributed by atoms with Crippen molar-refractivity contribution < 1.29 is 29.6 Å². The highest BCUT2D eigenvalue weighted by atomic mass is 16.5. The summed E-state index contributed by atoms with van der Waals surface area (Å²) in [5.74, 6) is -0.512. The molecule has 0 spiro atoms. The first-order valence-electron chi connectivity index (χ1n) is 12.3. The number of aryl methyl sites for hydroxylation is 1. The summed E-state index contributed by atoms with van der Waals surface area (Å²) in [5, 5.41) is 31.2. The number of allylic oxidation sites excluding steroid dienone is 2. The predicted octanol–water partition coefficient (Wildman–Crippen LogP) is 4.17. The number of rotatable bonds is 13. The van der Waals surface area contributed by atoms with Gasteiger partial charge in [-0.1, -0.05) is 42.5 Å². The van der Waals surface area contributed by atoms with Gasteiger partial charge in [0.2, 0.25) is 0 Å². The fraction of sp³-hybridized carbons (Fsp3) is 0.571. The van der Waals surface area contributed by atoms with Gasteiger partial charge in [0.25, 0.3) is 0 Å². The minimum Gasteiger partial charge on any atom is -0.463 e. The molecule has 0 saturated heterocycles. The average molecular weight is 473 g/mol. The fourth-order valence-corrected chi connectivity index (χ4v) is 4.38. The number of aliphatic hydroxyl groups is 3. The highest BCUT2D eigenvalue weighted by molar-refractivity contribution is 5.94. The van der Waals surface area contributed by atoms with Crippen LogP contribution in [0.25, 0.3) is 0 Å². The number of ether oxygens (including phenoxy) is 1. The molecule has 5 atom stereocenters. The first-order chi connectivity index (χ1) is 16.2. The first-order valence-corrected chi connectivity index (χ1v) is 12.3. The Labute approximate surface area is 203 Å². The van der Waals surface area contributed by atoms with E-state index >= 15 is 0 Å². The van der Waals surface area contributed by atoms with Gasteiger partial charge in [0.05, 0.1) is 24.4 Å². The van der Waals surface area contributed by atoms with E-state index in [0.717, 1.165) is 12.0 Å². The lowest BCUT2D eigenvalue weighted by Crippen LogP contribution is -2.20. The summed E-state index contributed by atoms with van der Waals surface area (Å²) >= 11 is 0. The Bertz CT molecular complexity index is 843. The Kier molecular flexibility index (Phi) is 11.7. The Morgan fingerprint density at radius 3 is 2.65 bits per heavy atom. The molecule has 0 aliphatic heterocycles. The van der Waals surface area contributed by atoms with Crippen LogP contribution in [0.3, 0.4) is 0 Å². The predicted molar refractivity (Wildman–Crippen MR) is 132 cm³/mol. The number of carbonyl (C=O) groups is 2. The zero-order chi connectivity index (χ0) is 25.1. The van der Waals surface area contributed by atoms with Gasteiger partial charge in [-0.2, -0.15) is 0 Å². The number of aliphatic hydroxyl groups excluding tert-OH is 3. The van der Waals surface area contributed by atoms with Crippen molar-refractivity contribution in [3.05, 3.63) is 59.7 Å². The molecule has 0 aromatic heterocycles. The van der Waals surface area contributed by atoms with E-state index in [0.29, 0.717) is 44.1 Å². The van der Waals surface area contributed by atoms with Crippen LogP contribution in [-0.4, -0.2) is 51.5 Å². The number of carbonyl (C=O) groups excluding carboxylic acids is 2. The van der Waals surface area contributed by atoms with Crippen molar-refractivity contribution in [1.29, 1.82) is 0 Å². The Morgan fingerprint density at radius 1 is 1.18 bits per heavy atom. The highest BCUT2D eigenvalue weighted by Crippen LogP contribution is 2.36. The maximum atomic E-state index is 11.6. The van der Waals surface area contributed by atoms with Crippen molar-refractivity contribution in [2.45, 2.75) is 90.1 Å². The molecule has 6 heteroatoms. The second-order valence-corrected chi connectivity index (χ2v) is 9.50. The van der Waals surface area contributed by atoms with Gasteiger partial charge in [-0.05, 0) is 70.4 Å².